The van der Waals surface area contributed by atoms with Crippen molar-refractivity contribution >= 4 is 50.3 Å². The van der Waals surface area contributed by atoms with E-state index in [0.29, 0.717) is 11.8 Å². The smallest absolute Gasteiger partial charge is 0.284 e. The number of phenols is 1. The van der Waals surface area contributed by atoms with Crippen LogP contribution in [0.4, 0.5) is 11.4 Å². The molecule has 0 radical (unpaired) electrons. The first-order valence-electron chi connectivity index (χ1n) is 8.92. The summed E-state index contributed by atoms with van der Waals surface area (Å²) in [5.74, 6) is -0.968. The predicted molar refractivity (Wildman–Crippen MR) is 120 cm³/mol. The number of amides is 1. The van der Waals surface area contributed by atoms with Crippen molar-refractivity contribution in [2.24, 2.45) is 4.40 Å². The van der Waals surface area contributed by atoms with Crippen LogP contribution >= 0.6 is 11.8 Å². The molecule has 170 valence electrons. The minimum Gasteiger partial charge on any atom is -0.507 e. The summed E-state index contributed by atoms with van der Waals surface area (Å²) in [5.41, 5.74) is -0.631. The summed E-state index contributed by atoms with van der Waals surface area (Å²) in [5, 5.41) is 31.6. The molecule has 0 atom stereocenters. The maximum atomic E-state index is 12.8. The van der Waals surface area contributed by atoms with Gasteiger partial charge in [-0.25, -0.2) is 0 Å². The Morgan fingerprint density at radius 3 is 2.27 bits per heavy atom. The molecular weight excluding hydrogens is 476 g/mol. The molecule has 2 aromatic rings. The van der Waals surface area contributed by atoms with Gasteiger partial charge in [-0.2, -0.15) is 8.42 Å². The molecule has 1 saturated heterocycles. The second-order valence-electron chi connectivity index (χ2n) is 6.42. The number of benzene rings is 2. The number of phenolic OH excluding ortho intramolecular Hbond substituents is 1. The van der Waals surface area contributed by atoms with Crippen LogP contribution in [0, 0.1) is 20.2 Å². The van der Waals surface area contributed by atoms with E-state index in [2.05, 4.69) is 11.0 Å². The second kappa shape index (κ2) is 9.22. The van der Waals surface area contributed by atoms with Gasteiger partial charge in [0.2, 0.25) is 0 Å². The number of amidine groups is 1. The van der Waals surface area contributed by atoms with Crippen LogP contribution in [0.1, 0.15) is 5.56 Å². The average Bonchev–Trinajstić information content (AvgIpc) is 3.03. The molecule has 1 fully saturated rings. The highest BCUT2D eigenvalue weighted by molar-refractivity contribution is 8.19. The van der Waals surface area contributed by atoms with Crippen molar-refractivity contribution in [3.05, 3.63) is 85.8 Å². The first-order chi connectivity index (χ1) is 15.5. The van der Waals surface area contributed by atoms with Crippen LogP contribution in [0.5, 0.6) is 5.75 Å². The number of hydrogen-bond acceptors (Lipinski definition) is 9. The fourth-order valence-corrected chi connectivity index (χ4v) is 4.85. The monoisotopic (exact) mass is 490 g/mol. The average molecular weight is 490 g/mol. The van der Waals surface area contributed by atoms with Crippen LogP contribution in [-0.2, 0) is 14.8 Å². The number of sulfonamides is 1. The molecule has 14 heteroatoms. The standard InChI is InChI=1S/C19H14N4O8S2/c1-2-9-21-18(25)17(11-12-10-14(23(28)29)5-8-16(12)24)32-19(21)20-33(30,31)15-6-3-13(4-7-15)22(26)27/h2-8,10-11,24H,1,9H2. The molecule has 0 saturated carbocycles. The van der Waals surface area contributed by atoms with Crippen molar-refractivity contribution in [3.8, 4) is 5.75 Å². The van der Waals surface area contributed by atoms with Gasteiger partial charge in [-0.3, -0.25) is 29.9 Å². The molecule has 0 aromatic heterocycles. The van der Waals surface area contributed by atoms with E-state index < -0.39 is 25.8 Å². The Morgan fingerprint density at radius 1 is 1.09 bits per heavy atom. The molecule has 1 aliphatic heterocycles. The SMILES string of the molecule is C=CCN1C(=O)C(=Cc2cc([N+](=O)[O-])ccc2O)SC1=NS(=O)(=O)c1ccc([N+](=O)[O-])cc1. The Kier molecular flexibility index (Phi) is 6.60. The molecule has 0 spiro atoms. The second-order valence-corrected chi connectivity index (χ2v) is 9.03. The lowest BCUT2D eigenvalue weighted by Gasteiger charge is -2.12. The van der Waals surface area contributed by atoms with E-state index in [1.54, 1.807) is 0 Å². The van der Waals surface area contributed by atoms with E-state index >= 15 is 0 Å². The molecule has 1 N–H and O–H groups in total. The zero-order valence-corrected chi connectivity index (χ0v) is 18.2. The Bertz CT molecular complexity index is 1330. The van der Waals surface area contributed by atoms with Crippen LogP contribution in [0.15, 0.2) is 69.3 Å². The molecule has 0 aliphatic carbocycles. The number of aromatic hydroxyl groups is 1. The normalized spacial score (nSPS) is 16.4. The van der Waals surface area contributed by atoms with E-state index in [1.807, 2.05) is 0 Å². The van der Waals surface area contributed by atoms with E-state index in [4.69, 9.17) is 0 Å². The summed E-state index contributed by atoms with van der Waals surface area (Å²) >= 11 is 0.686. The van der Waals surface area contributed by atoms with E-state index in [1.165, 1.54) is 12.2 Å². The Hall–Kier alpha value is -4.04. The predicted octanol–water partition coefficient (Wildman–Crippen LogP) is 3.06. The third kappa shape index (κ3) is 5.07. The fraction of sp³-hybridized carbons (Fsp3) is 0.0526. The van der Waals surface area contributed by atoms with Crippen molar-refractivity contribution in [3.63, 3.8) is 0 Å². The summed E-state index contributed by atoms with van der Waals surface area (Å²) in [7, 11) is -4.33. The van der Waals surface area contributed by atoms with Crippen molar-refractivity contribution < 1.29 is 28.2 Å². The number of nitro groups is 2. The molecule has 2 aromatic carbocycles. The van der Waals surface area contributed by atoms with Gasteiger partial charge >= 0.3 is 0 Å². The van der Waals surface area contributed by atoms with Gasteiger partial charge in [0.05, 0.1) is 19.6 Å². The quantitative estimate of drug-likeness (QED) is 0.265. The molecule has 0 bridgehead atoms. The van der Waals surface area contributed by atoms with Crippen LogP contribution in [-0.4, -0.2) is 45.9 Å². The van der Waals surface area contributed by atoms with E-state index in [0.717, 1.165) is 47.4 Å². The van der Waals surface area contributed by atoms with Crippen molar-refractivity contribution in [2.75, 3.05) is 6.54 Å². The third-order valence-electron chi connectivity index (χ3n) is 4.25. The minimum atomic E-state index is -4.33. The van der Waals surface area contributed by atoms with Crippen molar-refractivity contribution in [1.82, 2.24) is 4.90 Å². The Balaban J connectivity index is 2.01. The first kappa shape index (κ1) is 23.6. The topological polar surface area (TPSA) is 173 Å². The lowest BCUT2D eigenvalue weighted by molar-refractivity contribution is -0.385. The van der Waals surface area contributed by atoms with Crippen LogP contribution in [0.2, 0.25) is 0 Å². The van der Waals surface area contributed by atoms with Gasteiger partial charge in [0.25, 0.3) is 27.3 Å². The molecular formula is C19H14N4O8S2. The Morgan fingerprint density at radius 2 is 1.70 bits per heavy atom. The first-order valence-corrected chi connectivity index (χ1v) is 11.2. The third-order valence-corrected chi connectivity index (χ3v) is 6.66. The number of nitrogens with zero attached hydrogens (tertiary/aromatic N) is 4. The number of rotatable bonds is 7. The number of carbonyl (C=O) groups excluding carboxylic acids is 1. The number of nitro benzene ring substituents is 2. The number of non-ortho nitro benzene ring substituents is 2. The molecule has 0 unspecified atom stereocenters. The van der Waals surface area contributed by atoms with Crippen molar-refractivity contribution in [2.45, 2.75) is 4.90 Å². The molecule has 1 heterocycles. The fourth-order valence-electron chi connectivity index (χ4n) is 2.67. The molecule has 1 aliphatic rings. The van der Waals surface area contributed by atoms with Gasteiger partial charge in [-0.05, 0) is 36.0 Å². The van der Waals surface area contributed by atoms with E-state index in [9.17, 15) is 38.5 Å². The Labute approximate surface area is 190 Å². The molecule has 12 nitrogen and oxygen atoms in total. The maximum absolute atomic E-state index is 12.8. The summed E-state index contributed by atoms with van der Waals surface area (Å²) in [6.45, 7) is 3.44. The summed E-state index contributed by atoms with van der Waals surface area (Å²) < 4.78 is 29.1. The zero-order chi connectivity index (χ0) is 24.3. The zero-order valence-electron chi connectivity index (χ0n) is 16.5. The lowest BCUT2D eigenvalue weighted by Crippen LogP contribution is -2.29. The van der Waals surface area contributed by atoms with Gasteiger partial charge in [0, 0.05) is 36.4 Å². The van der Waals surface area contributed by atoms with Crippen molar-refractivity contribution in [1.29, 1.82) is 0 Å². The molecule has 33 heavy (non-hydrogen) atoms. The van der Waals surface area contributed by atoms with Crippen LogP contribution in [0.25, 0.3) is 6.08 Å². The maximum Gasteiger partial charge on any atom is 0.284 e. The van der Waals surface area contributed by atoms with Gasteiger partial charge < -0.3 is 5.11 Å². The highest BCUT2D eigenvalue weighted by atomic mass is 32.2. The van der Waals surface area contributed by atoms with Gasteiger partial charge in [-0.1, -0.05) is 6.08 Å². The van der Waals surface area contributed by atoms with Crippen LogP contribution < -0.4 is 0 Å². The highest BCUT2D eigenvalue weighted by Crippen LogP contribution is 2.36. The van der Waals surface area contributed by atoms with Gasteiger partial charge in [-0.15, -0.1) is 11.0 Å². The number of carbonyl (C=O) groups is 1. The molecule has 1 amide bonds. The van der Waals surface area contributed by atoms with Gasteiger partial charge in [0.1, 0.15) is 5.75 Å². The number of thioether (sulfide) groups is 1. The van der Waals surface area contributed by atoms with Crippen LogP contribution in [0.3, 0.4) is 0 Å². The minimum absolute atomic E-state index is 0.0157. The van der Waals surface area contributed by atoms with E-state index in [-0.39, 0.29) is 44.2 Å². The highest BCUT2D eigenvalue weighted by Gasteiger charge is 2.34. The summed E-state index contributed by atoms with van der Waals surface area (Å²) in [6.07, 6.45) is 2.53. The number of hydrogen-bond donors (Lipinski definition) is 1. The largest absolute Gasteiger partial charge is 0.507 e. The lowest BCUT2D eigenvalue weighted by atomic mass is 10.1. The summed E-state index contributed by atoms with van der Waals surface area (Å²) in [4.78, 5) is 33.9. The summed E-state index contributed by atoms with van der Waals surface area (Å²) in [6, 6.07) is 7.33. The molecule has 3 rings (SSSR count). The van der Waals surface area contributed by atoms with Gasteiger partial charge in [0.15, 0.2) is 5.17 Å².